The first kappa shape index (κ1) is 17.4. The third-order valence-corrected chi connectivity index (χ3v) is 5.32. The second kappa shape index (κ2) is 6.64. The van der Waals surface area contributed by atoms with Crippen LogP contribution in [0.2, 0.25) is 5.02 Å². The zero-order valence-electron chi connectivity index (χ0n) is 14.2. The van der Waals surface area contributed by atoms with Gasteiger partial charge in [-0.2, -0.15) is 13.4 Å². The number of aromatic nitrogens is 4. The summed E-state index contributed by atoms with van der Waals surface area (Å²) >= 11 is 6.29. The van der Waals surface area contributed by atoms with Crippen LogP contribution < -0.4 is 4.72 Å². The third-order valence-electron chi connectivity index (χ3n) is 3.88. The van der Waals surface area contributed by atoms with Crippen LogP contribution in [-0.2, 0) is 10.0 Å². The molecule has 4 aromatic rings. The fourth-order valence-electron chi connectivity index (χ4n) is 2.64. The van der Waals surface area contributed by atoms with Gasteiger partial charge in [-0.05, 0) is 24.1 Å². The van der Waals surface area contributed by atoms with Crippen molar-refractivity contribution in [1.82, 2.24) is 19.6 Å². The van der Waals surface area contributed by atoms with Gasteiger partial charge in [0.25, 0.3) is 21.0 Å². The molecule has 0 bridgehead atoms. The molecule has 0 atom stereocenters. The lowest BCUT2D eigenvalue weighted by Crippen LogP contribution is -2.15. The monoisotopic (exact) mass is 399 g/mol. The molecule has 7 nitrogen and oxygen atoms in total. The number of benzene rings is 2. The van der Waals surface area contributed by atoms with Gasteiger partial charge >= 0.3 is 0 Å². The van der Waals surface area contributed by atoms with E-state index in [4.69, 9.17) is 11.6 Å². The first-order chi connectivity index (χ1) is 12.9. The summed E-state index contributed by atoms with van der Waals surface area (Å²) in [6.45, 7) is 1.83. The Hall–Kier alpha value is -2.97. The summed E-state index contributed by atoms with van der Waals surface area (Å²) in [5.74, 6) is 0.198. The van der Waals surface area contributed by atoms with E-state index < -0.39 is 10.0 Å². The maximum absolute atomic E-state index is 12.9. The zero-order chi connectivity index (χ0) is 19.0. The summed E-state index contributed by atoms with van der Waals surface area (Å²) < 4.78 is 29.6. The van der Waals surface area contributed by atoms with Crippen molar-refractivity contribution >= 4 is 33.1 Å². The molecule has 0 amide bonds. The minimum absolute atomic E-state index is 0.198. The van der Waals surface area contributed by atoms with Crippen LogP contribution in [-0.4, -0.2) is 28.0 Å². The third kappa shape index (κ3) is 3.36. The maximum atomic E-state index is 12.9. The molecule has 2 heterocycles. The molecule has 0 spiro atoms. The molecular weight excluding hydrogens is 386 g/mol. The van der Waals surface area contributed by atoms with Crippen molar-refractivity contribution in [1.29, 1.82) is 0 Å². The van der Waals surface area contributed by atoms with E-state index in [0.29, 0.717) is 5.56 Å². The van der Waals surface area contributed by atoms with Crippen LogP contribution in [0.4, 0.5) is 5.69 Å². The van der Waals surface area contributed by atoms with Crippen LogP contribution in [0.15, 0.2) is 66.1 Å². The van der Waals surface area contributed by atoms with Gasteiger partial charge in [-0.15, -0.1) is 5.10 Å². The van der Waals surface area contributed by atoms with Crippen LogP contribution in [0.3, 0.4) is 0 Å². The molecule has 27 heavy (non-hydrogen) atoms. The summed E-state index contributed by atoms with van der Waals surface area (Å²) in [7, 11) is -4.06. The number of nitrogens with zero attached hydrogens (tertiary/aromatic N) is 4. The first-order valence-corrected chi connectivity index (χ1v) is 9.86. The SMILES string of the molecule is Cc1cnc2nc(S(=O)(=O)Nc3c(Cl)cccc3-c3ccccc3)nn2c1. The van der Waals surface area contributed by atoms with E-state index in [-0.39, 0.29) is 21.6 Å². The van der Waals surface area contributed by atoms with Crippen LogP contribution in [0, 0.1) is 6.92 Å². The summed E-state index contributed by atoms with van der Waals surface area (Å²) in [4.78, 5) is 8.08. The average Bonchev–Trinajstić information content (AvgIpc) is 3.08. The highest BCUT2D eigenvalue weighted by Crippen LogP contribution is 2.35. The number of rotatable bonds is 4. The van der Waals surface area contributed by atoms with Gasteiger partial charge in [0.15, 0.2) is 0 Å². The number of nitrogens with one attached hydrogen (secondary N) is 1. The van der Waals surface area contributed by atoms with Gasteiger partial charge in [0.05, 0.1) is 10.7 Å². The van der Waals surface area contributed by atoms with Gasteiger partial charge in [0, 0.05) is 18.0 Å². The zero-order valence-corrected chi connectivity index (χ0v) is 15.7. The molecule has 1 N–H and O–H groups in total. The molecule has 0 radical (unpaired) electrons. The van der Waals surface area contributed by atoms with Gasteiger partial charge in [0.2, 0.25) is 0 Å². The van der Waals surface area contributed by atoms with E-state index in [2.05, 4.69) is 19.8 Å². The van der Waals surface area contributed by atoms with Crippen molar-refractivity contribution in [2.75, 3.05) is 4.72 Å². The summed E-state index contributed by atoms with van der Waals surface area (Å²) in [5, 5.41) is 3.92. The van der Waals surface area contributed by atoms with Gasteiger partial charge in [-0.25, -0.2) is 9.50 Å². The predicted octanol–water partition coefficient (Wildman–Crippen LogP) is 3.55. The molecule has 0 unspecified atom stereocenters. The van der Waals surface area contributed by atoms with E-state index >= 15 is 0 Å². The van der Waals surface area contributed by atoms with E-state index in [0.717, 1.165) is 11.1 Å². The highest BCUT2D eigenvalue weighted by atomic mass is 35.5. The van der Waals surface area contributed by atoms with E-state index in [1.807, 2.05) is 37.3 Å². The average molecular weight is 400 g/mol. The molecule has 0 aliphatic heterocycles. The highest BCUT2D eigenvalue weighted by Gasteiger charge is 2.24. The van der Waals surface area contributed by atoms with Crippen molar-refractivity contribution < 1.29 is 8.42 Å². The number of aryl methyl sites for hydroxylation is 1. The van der Waals surface area contributed by atoms with E-state index in [1.54, 1.807) is 30.6 Å². The van der Waals surface area contributed by atoms with Gasteiger partial charge < -0.3 is 0 Å². The summed E-state index contributed by atoms with van der Waals surface area (Å²) in [6, 6.07) is 14.5. The fraction of sp³-hybridized carbons (Fsp3) is 0.0556. The normalized spacial score (nSPS) is 11.6. The first-order valence-electron chi connectivity index (χ1n) is 8.00. The van der Waals surface area contributed by atoms with Crippen LogP contribution >= 0.6 is 11.6 Å². The number of halogens is 1. The molecule has 2 aromatic heterocycles. The molecular formula is C18H14ClN5O2S. The Bertz CT molecular complexity index is 1240. The van der Waals surface area contributed by atoms with Crippen molar-refractivity contribution in [2.24, 2.45) is 0 Å². The lowest BCUT2D eigenvalue weighted by molar-refractivity contribution is 0.592. The van der Waals surface area contributed by atoms with E-state index in [9.17, 15) is 8.42 Å². The van der Waals surface area contributed by atoms with Gasteiger partial charge in [-0.1, -0.05) is 54.1 Å². The number of anilines is 1. The van der Waals surface area contributed by atoms with Crippen molar-refractivity contribution in [2.45, 2.75) is 12.1 Å². The fourth-order valence-corrected chi connectivity index (χ4v) is 3.89. The number of para-hydroxylation sites is 1. The van der Waals surface area contributed by atoms with Crippen LogP contribution in [0.25, 0.3) is 16.9 Å². The molecule has 0 saturated carbocycles. The number of hydrogen-bond acceptors (Lipinski definition) is 5. The van der Waals surface area contributed by atoms with Gasteiger partial charge in [0.1, 0.15) is 0 Å². The lowest BCUT2D eigenvalue weighted by atomic mass is 10.0. The van der Waals surface area contributed by atoms with Crippen LogP contribution in [0.5, 0.6) is 0 Å². The highest BCUT2D eigenvalue weighted by molar-refractivity contribution is 7.92. The Kier molecular flexibility index (Phi) is 4.29. The molecule has 4 rings (SSSR count). The Morgan fingerprint density at radius 1 is 1.07 bits per heavy atom. The van der Waals surface area contributed by atoms with Crippen molar-refractivity contribution in [3.8, 4) is 11.1 Å². The van der Waals surface area contributed by atoms with Crippen LogP contribution in [0.1, 0.15) is 5.56 Å². The smallest absolute Gasteiger partial charge is 0.275 e. The predicted molar refractivity (Wildman–Crippen MR) is 103 cm³/mol. The maximum Gasteiger partial charge on any atom is 0.299 e. The number of fused-ring (bicyclic) bond motifs is 1. The van der Waals surface area contributed by atoms with Crippen molar-refractivity contribution in [3.63, 3.8) is 0 Å². The molecule has 0 fully saturated rings. The molecule has 2 aromatic carbocycles. The summed E-state index contributed by atoms with van der Waals surface area (Å²) in [5.41, 5.74) is 2.59. The second-order valence-corrected chi connectivity index (χ2v) is 7.89. The topological polar surface area (TPSA) is 89.2 Å². The summed E-state index contributed by atoms with van der Waals surface area (Å²) in [6.07, 6.45) is 3.24. The lowest BCUT2D eigenvalue weighted by Gasteiger charge is -2.13. The Labute approximate surface area is 160 Å². The van der Waals surface area contributed by atoms with Crippen molar-refractivity contribution in [3.05, 3.63) is 71.5 Å². The minimum Gasteiger partial charge on any atom is -0.275 e. The largest absolute Gasteiger partial charge is 0.299 e. The Morgan fingerprint density at radius 2 is 1.85 bits per heavy atom. The molecule has 0 aliphatic rings. The van der Waals surface area contributed by atoms with E-state index in [1.165, 1.54) is 4.52 Å². The number of sulfonamides is 1. The molecule has 0 aliphatic carbocycles. The standard InChI is InChI=1S/C18H14ClN5O2S/c1-12-10-20-17-21-18(22-24(17)11-12)27(25,26)23-16-14(8-5-9-15(16)19)13-6-3-2-4-7-13/h2-11,23H,1H3. The number of hydrogen-bond donors (Lipinski definition) is 1. The molecule has 0 saturated heterocycles. The van der Waals surface area contributed by atoms with Gasteiger partial charge in [-0.3, -0.25) is 4.72 Å². The minimum atomic E-state index is -4.06. The molecule has 136 valence electrons. The molecule has 9 heteroatoms. The second-order valence-electron chi connectivity index (χ2n) is 5.90. The quantitative estimate of drug-likeness (QED) is 0.566. The Balaban J connectivity index is 1.79. The Morgan fingerprint density at radius 3 is 2.63 bits per heavy atom.